The standard InChI is InChI=1S/C9H13N3O2/c1-5(9(13)14-4)8-6(2)10-12-11-7(8)3/h5H,1-4H3. The number of hydrogen-bond acceptors (Lipinski definition) is 5. The number of rotatable bonds is 2. The SMILES string of the molecule is COC(=O)C(C)c1c(C)nnnc1C. The number of carbonyl (C=O) groups excluding carboxylic acids is 1. The van der Waals surface area contributed by atoms with Gasteiger partial charge in [-0.1, -0.05) is 0 Å². The molecular weight excluding hydrogens is 182 g/mol. The van der Waals surface area contributed by atoms with Gasteiger partial charge in [-0.15, -0.1) is 10.2 Å². The third-order valence-electron chi connectivity index (χ3n) is 2.16. The van der Waals surface area contributed by atoms with Gasteiger partial charge in [0.2, 0.25) is 0 Å². The molecule has 0 aromatic carbocycles. The molecule has 0 bridgehead atoms. The van der Waals surface area contributed by atoms with Crippen LogP contribution in [0.2, 0.25) is 0 Å². The lowest BCUT2D eigenvalue weighted by atomic mass is 9.99. The molecule has 0 aliphatic rings. The first kappa shape index (κ1) is 10.6. The number of esters is 1. The van der Waals surface area contributed by atoms with Crippen molar-refractivity contribution < 1.29 is 9.53 Å². The van der Waals surface area contributed by atoms with E-state index >= 15 is 0 Å². The van der Waals surface area contributed by atoms with Crippen molar-refractivity contribution in [3.8, 4) is 0 Å². The second-order valence-electron chi connectivity index (χ2n) is 3.12. The van der Waals surface area contributed by atoms with Crippen molar-refractivity contribution in [3.63, 3.8) is 0 Å². The van der Waals surface area contributed by atoms with Crippen LogP contribution in [-0.2, 0) is 9.53 Å². The average molecular weight is 195 g/mol. The molecule has 1 heterocycles. The van der Waals surface area contributed by atoms with E-state index in [0.29, 0.717) is 0 Å². The topological polar surface area (TPSA) is 65.0 Å². The van der Waals surface area contributed by atoms with Gasteiger partial charge in [0, 0.05) is 5.56 Å². The Balaban J connectivity index is 3.11. The highest BCUT2D eigenvalue weighted by Crippen LogP contribution is 2.20. The normalized spacial score (nSPS) is 12.3. The lowest BCUT2D eigenvalue weighted by Crippen LogP contribution is -2.15. The van der Waals surface area contributed by atoms with Crippen molar-refractivity contribution in [2.45, 2.75) is 26.7 Å². The molecule has 0 amide bonds. The van der Waals surface area contributed by atoms with Crippen LogP contribution in [0.15, 0.2) is 0 Å². The Kier molecular flexibility index (Phi) is 3.11. The summed E-state index contributed by atoms with van der Waals surface area (Å²) in [6.45, 7) is 5.37. The molecule has 5 nitrogen and oxygen atoms in total. The van der Waals surface area contributed by atoms with Crippen molar-refractivity contribution in [2.24, 2.45) is 0 Å². The van der Waals surface area contributed by atoms with E-state index in [4.69, 9.17) is 0 Å². The van der Waals surface area contributed by atoms with Crippen LogP contribution in [0.3, 0.4) is 0 Å². The number of carbonyl (C=O) groups is 1. The number of aromatic nitrogens is 3. The van der Waals surface area contributed by atoms with Gasteiger partial charge in [0.1, 0.15) is 0 Å². The quantitative estimate of drug-likeness (QED) is 0.652. The summed E-state index contributed by atoms with van der Waals surface area (Å²) in [5.41, 5.74) is 2.23. The Morgan fingerprint density at radius 3 is 2.21 bits per heavy atom. The molecule has 0 radical (unpaired) electrons. The largest absolute Gasteiger partial charge is 0.469 e. The third-order valence-corrected chi connectivity index (χ3v) is 2.16. The van der Waals surface area contributed by atoms with Gasteiger partial charge in [-0.3, -0.25) is 4.79 Å². The van der Waals surface area contributed by atoms with Gasteiger partial charge in [0.25, 0.3) is 0 Å². The maximum Gasteiger partial charge on any atom is 0.312 e. The molecule has 0 N–H and O–H groups in total. The van der Waals surface area contributed by atoms with Crippen LogP contribution in [0.5, 0.6) is 0 Å². The molecular formula is C9H13N3O2. The number of ether oxygens (including phenoxy) is 1. The van der Waals surface area contributed by atoms with Gasteiger partial charge in [0.05, 0.1) is 24.4 Å². The van der Waals surface area contributed by atoms with E-state index in [1.54, 1.807) is 20.8 Å². The molecule has 0 aliphatic carbocycles. The van der Waals surface area contributed by atoms with Crippen molar-refractivity contribution in [2.75, 3.05) is 7.11 Å². The number of methoxy groups -OCH3 is 1. The van der Waals surface area contributed by atoms with Crippen molar-refractivity contribution in [1.29, 1.82) is 0 Å². The Hall–Kier alpha value is -1.52. The van der Waals surface area contributed by atoms with E-state index in [9.17, 15) is 4.79 Å². The summed E-state index contributed by atoms with van der Waals surface area (Å²) in [4.78, 5) is 11.3. The molecule has 1 aromatic rings. The maximum absolute atomic E-state index is 11.3. The highest BCUT2D eigenvalue weighted by atomic mass is 16.5. The predicted molar refractivity (Wildman–Crippen MR) is 49.7 cm³/mol. The van der Waals surface area contributed by atoms with Gasteiger partial charge < -0.3 is 4.74 Å². The monoisotopic (exact) mass is 195 g/mol. The molecule has 76 valence electrons. The van der Waals surface area contributed by atoms with Gasteiger partial charge in [-0.2, -0.15) is 0 Å². The molecule has 0 aliphatic heterocycles. The van der Waals surface area contributed by atoms with Gasteiger partial charge in [0.15, 0.2) is 0 Å². The Bertz CT molecular complexity index is 332. The van der Waals surface area contributed by atoms with Crippen LogP contribution in [0.4, 0.5) is 0 Å². The van der Waals surface area contributed by atoms with Crippen molar-refractivity contribution >= 4 is 5.97 Å². The van der Waals surface area contributed by atoms with Crippen LogP contribution >= 0.6 is 0 Å². The smallest absolute Gasteiger partial charge is 0.312 e. The lowest BCUT2D eigenvalue weighted by molar-refractivity contribution is -0.142. The Morgan fingerprint density at radius 1 is 1.29 bits per heavy atom. The van der Waals surface area contributed by atoms with Gasteiger partial charge in [-0.05, 0) is 26.0 Å². The zero-order chi connectivity index (χ0) is 10.7. The Morgan fingerprint density at radius 2 is 1.79 bits per heavy atom. The Labute approximate surface area is 82.5 Å². The summed E-state index contributed by atoms with van der Waals surface area (Å²) in [6.07, 6.45) is 0. The van der Waals surface area contributed by atoms with Crippen molar-refractivity contribution in [3.05, 3.63) is 17.0 Å². The van der Waals surface area contributed by atoms with Crippen LogP contribution < -0.4 is 0 Å². The molecule has 1 atom stereocenters. The molecule has 0 saturated carbocycles. The lowest BCUT2D eigenvalue weighted by Gasteiger charge is -2.12. The van der Waals surface area contributed by atoms with Crippen molar-refractivity contribution in [1.82, 2.24) is 15.4 Å². The number of aryl methyl sites for hydroxylation is 2. The van der Waals surface area contributed by atoms with E-state index in [1.165, 1.54) is 7.11 Å². The zero-order valence-corrected chi connectivity index (χ0v) is 8.74. The summed E-state index contributed by atoms with van der Waals surface area (Å²) in [5, 5.41) is 11.2. The molecule has 1 aromatic heterocycles. The first-order valence-corrected chi connectivity index (χ1v) is 4.32. The summed E-state index contributed by atoms with van der Waals surface area (Å²) >= 11 is 0. The van der Waals surface area contributed by atoms with E-state index in [2.05, 4.69) is 20.1 Å². The van der Waals surface area contributed by atoms with Crippen LogP contribution in [0, 0.1) is 13.8 Å². The second kappa shape index (κ2) is 4.13. The fourth-order valence-corrected chi connectivity index (χ4v) is 1.45. The zero-order valence-electron chi connectivity index (χ0n) is 8.74. The van der Waals surface area contributed by atoms with Gasteiger partial charge >= 0.3 is 5.97 Å². The van der Waals surface area contributed by atoms with Crippen LogP contribution in [-0.4, -0.2) is 28.5 Å². The van der Waals surface area contributed by atoms with Gasteiger partial charge in [-0.25, -0.2) is 0 Å². The summed E-state index contributed by atoms with van der Waals surface area (Å²) in [5.74, 6) is -0.631. The fraction of sp³-hybridized carbons (Fsp3) is 0.556. The summed E-state index contributed by atoms with van der Waals surface area (Å²) in [6, 6.07) is 0. The number of nitrogens with zero attached hydrogens (tertiary/aromatic N) is 3. The van der Waals surface area contributed by atoms with E-state index in [-0.39, 0.29) is 11.9 Å². The molecule has 0 spiro atoms. The minimum absolute atomic E-state index is 0.286. The summed E-state index contributed by atoms with van der Waals surface area (Å²) in [7, 11) is 1.37. The second-order valence-corrected chi connectivity index (χ2v) is 3.12. The molecule has 14 heavy (non-hydrogen) atoms. The minimum atomic E-state index is -0.344. The highest BCUT2D eigenvalue weighted by Gasteiger charge is 2.21. The third kappa shape index (κ3) is 1.86. The van der Waals surface area contributed by atoms with Crippen LogP contribution in [0.25, 0.3) is 0 Å². The van der Waals surface area contributed by atoms with E-state index in [0.717, 1.165) is 17.0 Å². The maximum atomic E-state index is 11.3. The first-order chi connectivity index (χ1) is 6.57. The van der Waals surface area contributed by atoms with E-state index < -0.39 is 0 Å². The first-order valence-electron chi connectivity index (χ1n) is 4.32. The molecule has 0 fully saturated rings. The van der Waals surface area contributed by atoms with Crippen LogP contribution in [0.1, 0.15) is 29.8 Å². The molecule has 1 unspecified atom stereocenters. The molecule has 5 heteroatoms. The predicted octanol–water partition coefficient (Wildman–Crippen LogP) is 0.765. The highest BCUT2D eigenvalue weighted by molar-refractivity contribution is 5.78. The molecule has 1 rings (SSSR count). The average Bonchev–Trinajstić information content (AvgIpc) is 2.16. The van der Waals surface area contributed by atoms with E-state index in [1.807, 2.05) is 0 Å². The summed E-state index contributed by atoms with van der Waals surface area (Å²) < 4.78 is 4.66. The number of hydrogen-bond donors (Lipinski definition) is 0. The molecule has 0 saturated heterocycles. The fourth-order valence-electron chi connectivity index (χ4n) is 1.45. The minimum Gasteiger partial charge on any atom is -0.469 e.